The van der Waals surface area contributed by atoms with Crippen LogP contribution >= 0.6 is 12.4 Å². The minimum absolute atomic E-state index is 0. The zero-order chi connectivity index (χ0) is 16.7. The van der Waals surface area contributed by atoms with Crippen LogP contribution in [0.3, 0.4) is 0 Å². The normalized spacial score (nSPS) is 24.1. The highest BCUT2D eigenvalue weighted by Gasteiger charge is 2.44. The number of hydrogen-bond acceptors (Lipinski definition) is 5. The number of methoxy groups -OCH3 is 2. The Bertz CT molecular complexity index is 702. The molecule has 1 aromatic carbocycles. The van der Waals surface area contributed by atoms with Crippen molar-refractivity contribution in [2.24, 2.45) is 5.41 Å². The molecule has 1 N–H and O–H groups in total. The molecule has 136 valence electrons. The summed E-state index contributed by atoms with van der Waals surface area (Å²) >= 11 is 0. The second kappa shape index (κ2) is 7.07. The van der Waals surface area contributed by atoms with E-state index in [9.17, 15) is 8.42 Å². The van der Waals surface area contributed by atoms with E-state index in [1.165, 1.54) is 7.11 Å². The van der Waals surface area contributed by atoms with Crippen LogP contribution in [0.2, 0.25) is 0 Å². The first kappa shape index (κ1) is 19.3. The molecule has 1 aromatic rings. The van der Waals surface area contributed by atoms with E-state index >= 15 is 0 Å². The maximum Gasteiger partial charge on any atom is 0.243 e. The molecule has 8 heteroatoms. The fourth-order valence-electron chi connectivity index (χ4n) is 3.62. The molecular weight excluding hydrogens is 352 g/mol. The predicted octanol–water partition coefficient (Wildman–Crippen LogP) is 1.81. The van der Waals surface area contributed by atoms with Gasteiger partial charge in [0.25, 0.3) is 0 Å². The first-order valence-corrected chi connectivity index (χ1v) is 9.29. The van der Waals surface area contributed by atoms with Gasteiger partial charge in [-0.2, -0.15) is 4.31 Å². The highest BCUT2D eigenvalue weighted by atomic mass is 35.5. The third-order valence-electron chi connectivity index (χ3n) is 5.03. The van der Waals surface area contributed by atoms with Crippen molar-refractivity contribution < 1.29 is 17.9 Å². The van der Waals surface area contributed by atoms with Crippen LogP contribution < -0.4 is 14.8 Å². The Balaban J connectivity index is 0.00000208. The first-order chi connectivity index (χ1) is 10.9. The summed E-state index contributed by atoms with van der Waals surface area (Å²) in [5.41, 5.74) is 0.783. The molecule has 0 aliphatic carbocycles. The smallest absolute Gasteiger partial charge is 0.243 e. The highest BCUT2D eigenvalue weighted by molar-refractivity contribution is 7.89. The van der Waals surface area contributed by atoms with Crippen molar-refractivity contribution in [2.75, 3.05) is 40.4 Å². The van der Waals surface area contributed by atoms with Gasteiger partial charge < -0.3 is 14.8 Å². The van der Waals surface area contributed by atoms with Gasteiger partial charge in [-0.1, -0.05) is 0 Å². The number of aryl methyl sites for hydroxylation is 1. The molecular formula is C16H25ClN2O4S. The average Bonchev–Trinajstić information content (AvgIpc) is 3.17. The maximum absolute atomic E-state index is 13.1. The van der Waals surface area contributed by atoms with Crippen LogP contribution in [0.15, 0.2) is 17.0 Å². The van der Waals surface area contributed by atoms with Crippen molar-refractivity contribution in [2.45, 2.75) is 24.7 Å². The number of sulfonamides is 1. The van der Waals surface area contributed by atoms with Gasteiger partial charge in [0.15, 0.2) is 11.5 Å². The van der Waals surface area contributed by atoms with Crippen LogP contribution in [0.4, 0.5) is 0 Å². The number of nitrogens with zero attached hydrogens (tertiary/aromatic N) is 1. The van der Waals surface area contributed by atoms with Crippen molar-refractivity contribution >= 4 is 22.4 Å². The second-order valence-electron chi connectivity index (χ2n) is 6.49. The molecule has 0 radical (unpaired) electrons. The SMILES string of the molecule is COc1cc(C)c(S(=O)(=O)N2CCC3(CCNC3)C2)cc1OC.Cl. The number of halogens is 1. The molecule has 0 bridgehead atoms. The summed E-state index contributed by atoms with van der Waals surface area (Å²) in [6, 6.07) is 3.29. The number of benzene rings is 1. The van der Waals surface area contributed by atoms with Gasteiger partial charge >= 0.3 is 0 Å². The van der Waals surface area contributed by atoms with Crippen molar-refractivity contribution in [3.05, 3.63) is 17.7 Å². The largest absolute Gasteiger partial charge is 0.493 e. The monoisotopic (exact) mass is 376 g/mol. The molecule has 3 rings (SSSR count). The molecule has 0 aromatic heterocycles. The van der Waals surface area contributed by atoms with Crippen molar-refractivity contribution in [1.29, 1.82) is 0 Å². The zero-order valence-corrected chi connectivity index (χ0v) is 15.9. The number of rotatable bonds is 4. The molecule has 0 amide bonds. The minimum Gasteiger partial charge on any atom is -0.493 e. The Kier molecular flexibility index (Phi) is 5.69. The van der Waals surface area contributed by atoms with Crippen LogP contribution in [0, 0.1) is 12.3 Å². The van der Waals surface area contributed by atoms with Crippen LogP contribution in [0.25, 0.3) is 0 Å². The van der Waals surface area contributed by atoms with Gasteiger partial charge in [0.2, 0.25) is 10.0 Å². The molecule has 6 nitrogen and oxygen atoms in total. The van der Waals surface area contributed by atoms with Crippen molar-refractivity contribution in [1.82, 2.24) is 9.62 Å². The summed E-state index contributed by atoms with van der Waals surface area (Å²) in [4.78, 5) is 0.304. The maximum atomic E-state index is 13.1. The Labute approximate surface area is 150 Å². The standard InChI is InChI=1S/C16H24N2O4S.ClH/c1-12-8-13(21-2)14(22-3)9-15(12)23(19,20)18-7-5-16(11-18)4-6-17-10-16;/h8-9,17H,4-7,10-11H2,1-3H3;1H. The summed E-state index contributed by atoms with van der Waals surface area (Å²) in [6.07, 6.45) is 1.97. The van der Waals surface area contributed by atoms with E-state index in [-0.39, 0.29) is 17.8 Å². The first-order valence-electron chi connectivity index (χ1n) is 7.85. The summed E-state index contributed by atoms with van der Waals surface area (Å²) in [7, 11) is -0.463. The van der Waals surface area contributed by atoms with Gasteiger partial charge in [0.1, 0.15) is 0 Å². The lowest BCUT2D eigenvalue weighted by Crippen LogP contribution is -2.33. The molecule has 2 aliphatic rings. The zero-order valence-electron chi connectivity index (χ0n) is 14.3. The molecule has 2 aliphatic heterocycles. The number of ether oxygens (including phenoxy) is 2. The lowest BCUT2D eigenvalue weighted by Gasteiger charge is -2.23. The van der Waals surface area contributed by atoms with Crippen LogP contribution in [0.5, 0.6) is 11.5 Å². The number of nitrogens with one attached hydrogen (secondary N) is 1. The van der Waals surface area contributed by atoms with Crippen molar-refractivity contribution in [3.8, 4) is 11.5 Å². The van der Waals surface area contributed by atoms with Gasteiger partial charge in [0.05, 0.1) is 19.1 Å². The van der Waals surface area contributed by atoms with Gasteiger partial charge in [-0.05, 0) is 43.4 Å². The highest BCUT2D eigenvalue weighted by Crippen LogP contribution is 2.40. The molecule has 1 spiro atoms. The van der Waals surface area contributed by atoms with Gasteiger partial charge in [-0.3, -0.25) is 0 Å². The molecule has 2 fully saturated rings. The molecule has 1 unspecified atom stereocenters. The predicted molar refractivity (Wildman–Crippen MR) is 94.8 cm³/mol. The fraction of sp³-hybridized carbons (Fsp3) is 0.625. The van der Waals surface area contributed by atoms with Gasteiger partial charge in [0, 0.05) is 25.7 Å². The Morgan fingerprint density at radius 1 is 1.17 bits per heavy atom. The van der Waals surface area contributed by atoms with E-state index in [0.29, 0.717) is 35.0 Å². The third kappa shape index (κ3) is 3.22. The Morgan fingerprint density at radius 2 is 1.83 bits per heavy atom. The molecule has 2 saturated heterocycles. The number of hydrogen-bond donors (Lipinski definition) is 1. The van der Waals surface area contributed by atoms with E-state index in [1.54, 1.807) is 30.5 Å². The Morgan fingerprint density at radius 3 is 2.42 bits per heavy atom. The lowest BCUT2D eigenvalue weighted by molar-refractivity contribution is 0.337. The summed E-state index contributed by atoms with van der Waals surface area (Å²) in [5, 5.41) is 3.35. The summed E-state index contributed by atoms with van der Waals surface area (Å²) in [5.74, 6) is 0.981. The second-order valence-corrected chi connectivity index (χ2v) is 8.39. The molecule has 24 heavy (non-hydrogen) atoms. The minimum atomic E-state index is -3.52. The van der Waals surface area contributed by atoms with Gasteiger partial charge in [-0.15, -0.1) is 12.4 Å². The van der Waals surface area contributed by atoms with Crippen LogP contribution in [0.1, 0.15) is 18.4 Å². The van der Waals surface area contributed by atoms with E-state index in [4.69, 9.17) is 9.47 Å². The quantitative estimate of drug-likeness (QED) is 0.868. The Hall–Kier alpha value is -1.02. The average molecular weight is 377 g/mol. The fourth-order valence-corrected chi connectivity index (χ4v) is 5.40. The third-order valence-corrected chi connectivity index (χ3v) is 7.02. The summed E-state index contributed by atoms with van der Waals surface area (Å²) < 4.78 is 38.3. The summed E-state index contributed by atoms with van der Waals surface area (Å²) in [6.45, 7) is 4.85. The van der Waals surface area contributed by atoms with Gasteiger partial charge in [-0.25, -0.2) is 8.42 Å². The van der Waals surface area contributed by atoms with E-state index < -0.39 is 10.0 Å². The van der Waals surface area contributed by atoms with Crippen molar-refractivity contribution in [3.63, 3.8) is 0 Å². The van der Waals surface area contributed by atoms with E-state index in [0.717, 1.165) is 25.9 Å². The molecule has 2 heterocycles. The topological polar surface area (TPSA) is 67.9 Å². The molecule has 1 atom stereocenters. The molecule has 0 saturated carbocycles. The van der Waals surface area contributed by atoms with Crippen LogP contribution in [-0.4, -0.2) is 53.1 Å². The van der Waals surface area contributed by atoms with Crippen LogP contribution in [-0.2, 0) is 10.0 Å². The van der Waals surface area contributed by atoms with E-state index in [1.807, 2.05) is 0 Å². The van der Waals surface area contributed by atoms with E-state index in [2.05, 4.69) is 5.32 Å². The lowest BCUT2D eigenvalue weighted by atomic mass is 9.87.